The molecule has 0 spiro atoms. The molecule has 1 heterocycles. The van der Waals surface area contributed by atoms with Crippen molar-refractivity contribution in [2.24, 2.45) is 22.9 Å². The molecule has 0 bridgehead atoms. The molecule has 9 N–H and O–H groups in total. The largest absolute Gasteiger partial charge is 0.356 e. The molecule has 24 heavy (non-hydrogen) atoms. The van der Waals surface area contributed by atoms with E-state index in [1.807, 2.05) is 0 Å². The second-order valence-electron chi connectivity index (χ2n) is 5.44. The molecular formula is C15H29N7O2. The van der Waals surface area contributed by atoms with Gasteiger partial charge >= 0.3 is 0 Å². The number of aromatic amines is 1. The molecule has 0 unspecified atom stereocenters. The van der Waals surface area contributed by atoms with E-state index in [1.54, 1.807) is 22.9 Å². The summed E-state index contributed by atoms with van der Waals surface area (Å²) in [5.74, 6) is -0.408. The van der Waals surface area contributed by atoms with Crippen LogP contribution in [0.2, 0.25) is 0 Å². The summed E-state index contributed by atoms with van der Waals surface area (Å²) in [7, 11) is 0. The van der Waals surface area contributed by atoms with E-state index >= 15 is 0 Å². The summed E-state index contributed by atoms with van der Waals surface area (Å²) in [6, 6.07) is 0. The quantitative estimate of drug-likeness (QED) is 0.333. The first-order valence-corrected chi connectivity index (χ1v) is 8.08. The lowest BCUT2D eigenvalue weighted by Gasteiger charge is -2.22. The van der Waals surface area contributed by atoms with Gasteiger partial charge in [-0.05, 0) is 12.5 Å². The Hall–Kier alpha value is -1.94. The topological polar surface area (TPSA) is 160 Å². The van der Waals surface area contributed by atoms with Crippen LogP contribution in [-0.4, -0.2) is 79.0 Å². The summed E-state index contributed by atoms with van der Waals surface area (Å²) in [4.78, 5) is 31.3. The van der Waals surface area contributed by atoms with E-state index in [1.165, 1.54) is 0 Å². The molecule has 0 saturated heterocycles. The average Bonchev–Trinajstić information content (AvgIpc) is 2.94. The van der Waals surface area contributed by atoms with Crippen molar-refractivity contribution in [2.45, 2.75) is 6.92 Å². The Morgan fingerprint density at radius 3 is 1.71 bits per heavy atom. The van der Waals surface area contributed by atoms with Crippen LogP contribution in [0.4, 0.5) is 0 Å². The average molecular weight is 339 g/mol. The number of hydrogen-bond acceptors (Lipinski definition) is 6. The summed E-state index contributed by atoms with van der Waals surface area (Å²) < 4.78 is 0. The van der Waals surface area contributed by atoms with Gasteiger partial charge in [-0.2, -0.15) is 0 Å². The van der Waals surface area contributed by atoms with Gasteiger partial charge in [-0.3, -0.25) is 9.59 Å². The summed E-state index contributed by atoms with van der Waals surface area (Å²) in [6.45, 7) is 4.77. The molecule has 1 aromatic rings. The first-order chi connectivity index (χ1) is 11.5. The number of amides is 2. The normalized spacial score (nSPS) is 10.7. The minimum absolute atomic E-state index is 0.192. The smallest absolute Gasteiger partial charge is 0.270 e. The van der Waals surface area contributed by atoms with Crippen molar-refractivity contribution >= 4 is 11.8 Å². The highest BCUT2D eigenvalue weighted by Gasteiger charge is 2.24. The zero-order valence-electron chi connectivity index (χ0n) is 14.3. The third-order valence-electron chi connectivity index (χ3n) is 3.75. The predicted octanol–water partition coefficient (Wildman–Crippen LogP) is -1.96. The fourth-order valence-electron chi connectivity index (χ4n) is 2.52. The van der Waals surface area contributed by atoms with Crippen LogP contribution in [0.15, 0.2) is 6.20 Å². The highest BCUT2D eigenvalue weighted by molar-refractivity contribution is 6.01. The zero-order chi connectivity index (χ0) is 18.1. The lowest BCUT2D eigenvalue weighted by molar-refractivity contribution is 0.0758. The lowest BCUT2D eigenvalue weighted by Crippen LogP contribution is -2.40. The van der Waals surface area contributed by atoms with Crippen molar-refractivity contribution in [2.75, 3.05) is 52.4 Å². The van der Waals surface area contributed by atoms with Gasteiger partial charge in [-0.25, -0.2) is 0 Å². The Kier molecular flexibility index (Phi) is 8.41. The van der Waals surface area contributed by atoms with Crippen LogP contribution in [0.25, 0.3) is 0 Å². The van der Waals surface area contributed by atoms with Crippen molar-refractivity contribution in [3.05, 3.63) is 23.0 Å². The fraction of sp³-hybridized carbons (Fsp3) is 0.600. The van der Waals surface area contributed by atoms with E-state index in [-0.39, 0.29) is 11.8 Å². The highest BCUT2D eigenvalue weighted by atomic mass is 16.2. The van der Waals surface area contributed by atoms with Gasteiger partial charge < -0.3 is 37.7 Å². The molecule has 136 valence electrons. The molecule has 1 rings (SSSR count). The number of nitrogens with two attached hydrogens (primary N) is 4. The molecule has 0 saturated carbocycles. The van der Waals surface area contributed by atoms with E-state index in [2.05, 4.69) is 4.98 Å². The second-order valence-corrected chi connectivity index (χ2v) is 5.44. The van der Waals surface area contributed by atoms with Crippen LogP contribution in [0.1, 0.15) is 26.4 Å². The molecule has 0 aliphatic heterocycles. The van der Waals surface area contributed by atoms with E-state index in [4.69, 9.17) is 22.9 Å². The second kappa shape index (κ2) is 10.0. The number of hydrogen-bond donors (Lipinski definition) is 5. The van der Waals surface area contributed by atoms with E-state index in [0.717, 1.165) is 0 Å². The number of carbonyl (C=O) groups is 2. The number of aromatic nitrogens is 1. The Bertz CT molecular complexity index is 486. The maximum absolute atomic E-state index is 12.6. The van der Waals surface area contributed by atoms with Gasteiger partial charge in [-0.15, -0.1) is 0 Å². The molecular weight excluding hydrogens is 310 g/mol. The number of nitrogens with one attached hydrogen (secondary N) is 1. The highest BCUT2D eigenvalue weighted by Crippen LogP contribution is 2.17. The van der Waals surface area contributed by atoms with Crippen molar-refractivity contribution in [3.8, 4) is 0 Å². The van der Waals surface area contributed by atoms with Gasteiger partial charge in [0.25, 0.3) is 11.8 Å². The van der Waals surface area contributed by atoms with Crippen LogP contribution in [0.3, 0.4) is 0 Å². The maximum Gasteiger partial charge on any atom is 0.270 e. The molecule has 0 atom stereocenters. The van der Waals surface area contributed by atoms with Gasteiger partial charge in [0.15, 0.2) is 0 Å². The van der Waals surface area contributed by atoms with E-state index in [0.29, 0.717) is 69.2 Å². The van der Waals surface area contributed by atoms with Crippen LogP contribution in [0.5, 0.6) is 0 Å². The Morgan fingerprint density at radius 1 is 0.875 bits per heavy atom. The maximum atomic E-state index is 12.6. The predicted molar refractivity (Wildman–Crippen MR) is 93.6 cm³/mol. The van der Waals surface area contributed by atoms with Crippen LogP contribution in [-0.2, 0) is 0 Å². The molecule has 2 amide bonds. The van der Waals surface area contributed by atoms with Crippen LogP contribution >= 0.6 is 0 Å². The molecule has 9 nitrogen and oxygen atoms in total. The molecule has 0 aliphatic carbocycles. The molecule has 0 radical (unpaired) electrons. The summed E-state index contributed by atoms with van der Waals surface area (Å²) in [5.41, 5.74) is 23.6. The Morgan fingerprint density at radius 2 is 1.29 bits per heavy atom. The Labute approximate surface area is 142 Å². The van der Waals surface area contributed by atoms with Crippen LogP contribution in [0, 0.1) is 6.92 Å². The Balaban J connectivity index is 3.02. The SMILES string of the molecule is Cc1c(C(=O)N(CCN)CCN)c[nH]c1C(=O)N(CCN)CCN. The third-order valence-corrected chi connectivity index (χ3v) is 3.75. The van der Waals surface area contributed by atoms with Gasteiger partial charge in [-0.1, -0.05) is 0 Å². The van der Waals surface area contributed by atoms with Gasteiger partial charge in [0.1, 0.15) is 5.69 Å². The van der Waals surface area contributed by atoms with Gasteiger partial charge in [0, 0.05) is 58.6 Å². The molecule has 1 aromatic heterocycles. The lowest BCUT2D eigenvalue weighted by atomic mass is 10.1. The number of nitrogens with zero attached hydrogens (tertiary/aromatic N) is 2. The van der Waals surface area contributed by atoms with Crippen molar-refractivity contribution in [1.82, 2.24) is 14.8 Å². The van der Waals surface area contributed by atoms with E-state index in [9.17, 15) is 9.59 Å². The van der Waals surface area contributed by atoms with Crippen LogP contribution < -0.4 is 22.9 Å². The first kappa shape index (κ1) is 20.1. The fourth-order valence-corrected chi connectivity index (χ4v) is 2.52. The summed E-state index contributed by atoms with van der Waals surface area (Å²) >= 11 is 0. The van der Waals surface area contributed by atoms with Gasteiger partial charge in [0.05, 0.1) is 5.56 Å². The number of H-pyrrole nitrogens is 1. The monoisotopic (exact) mass is 339 g/mol. The van der Waals surface area contributed by atoms with Crippen molar-refractivity contribution in [3.63, 3.8) is 0 Å². The zero-order valence-corrected chi connectivity index (χ0v) is 14.3. The molecule has 0 aromatic carbocycles. The number of carbonyl (C=O) groups excluding carboxylic acids is 2. The van der Waals surface area contributed by atoms with Crippen molar-refractivity contribution < 1.29 is 9.59 Å². The van der Waals surface area contributed by atoms with Gasteiger partial charge in [0.2, 0.25) is 0 Å². The first-order valence-electron chi connectivity index (χ1n) is 8.08. The molecule has 9 heteroatoms. The molecule has 0 aliphatic rings. The standard InChI is InChI=1S/C15H29N7O2/c1-11-12(14(23)21(6-2-16)7-3-17)10-20-13(11)15(24)22(8-4-18)9-5-19/h10,20H,2-9,16-19H2,1H3. The minimum Gasteiger partial charge on any atom is -0.356 e. The summed E-state index contributed by atoms with van der Waals surface area (Å²) in [5, 5.41) is 0. The van der Waals surface area contributed by atoms with Crippen molar-refractivity contribution in [1.29, 1.82) is 0 Å². The minimum atomic E-state index is -0.216. The third kappa shape index (κ3) is 4.78. The summed E-state index contributed by atoms with van der Waals surface area (Å²) in [6.07, 6.45) is 1.55. The molecule has 0 fully saturated rings. The van der Waals surface area contributed by atoms with E-state index < -0.39 is 0 Å². The number of rotatable bonds is 10.